The number of fused-ring (bicyclic) bond motifs is 5. The second-order valence-corrected chi connectivity index (χ2v) is 8.49. The van der Waals surface area contributed by atoms with Gasteiger partial charge < -0.3 is 19.6 Å². The van der Waals surface area contributed by atoms with Crippen LogP contribution in [-0.2, 0) is 6.42 Å². The first-order chi connectivity index (χ1) is 14.5. The van der Waals surface area contributed by atoms with Gasteiger partial charge in [0.15, 0.2) is 11.4 Å². The van der Waals surface area contributed by atoms with Gasteiger partial charge in [-0.15, -0.1) is 0 Å². The van der Waals surface area contributed by atoms with Gasteiger partial charge in [0.2, 0.25) is 0 Å². The molecule has 0 aromatic carbocycles. The van der Waals surface area contributed by atoms with E-state index in [-0.39, 0.29) is 28.4 Å². The summed E-state index contributed by atoms with van der Waals surface area (Å²) in [4.78, 5) is 31.2. The summed E-state index contributed by atoms with van der Waals surface area (Å²) in [5.41, 5.74) is 1.20. The molecule has 0 saturated carbocycles. The predicted molar refractivity (Wildman–Crippen MR) is 107 cm³/mol. The number of carbonyl (C=O) groups is 1. The number of hydrogen-bond acceptors (Lipinski definition) is 5. The van der Waals surface area contributed by atoms with Crippen LogP contribution in [0.25, 0.3) is 17.0 Å². The number of pyridine rings is 2. The number of alkyl halides is 2. The Labute approximate surface area is 175 Å². The van der Waals surface area contributed by atoms with Crippen molar-refractivity contribution in [2.45, 2.75) is 39.7 Å². The third-order valence-electron chi connectivity index (χ3n) is 5.56. The van der Waals surface area contributed by atoms with Gasteiger partial charge in [-0.1, -0.05) is 20.8 Å². The van der Waals surface area contributed by atoms with Crippen LogP contribution in [0.1, 0.15) is 48.3 Å². The monoisotopic (exact) mass is 433 g/mol. The summed E-state index contributed by atoms with van der Waals surface area (Å²) in [6.45, 7) is 3.02. The normalized spacial score (nSPS) is 15.6. The number of aromatic nitrogens is 3. The standard InChI is InChI=1S/C21H21F2N3O5/c1-21(2,3)12-7-13-16(15-10(12)6-11(19(28)29)18(27)25-15)24-17-14(30-4)5-9(8-26(13)17)31-20(22)23/h5-6,8,12,20H,7H2,1-4H3,(H,25,27)(H,28,29)/t12-/m0/s1. The lowest BCUT2D eigenvalue weighted by Gasteiger charge is -2.35. The molecule has 1 aliphatic carbocycles. The van der Waals surface area contributed by atoms with E-state index in [0.29, 0.717) is 34.7 Å². The summed E-state index contributed by atoms with van der Waals surface area (Å²) in [6.07, 6.45) is 1.85. The van der Waals surface area contributed by atoms with E-state index in [1.807, 2.05) is 20.8 Å². The first kappa shape index (κ1) is 20.8. The first-order valence-electron chi connectivity index (χ1n) is 9.56. The number of aromatic amines is 1. The quantitative estimate of drug-likeness (QED) is 0.650. The molecule has 10 heteroatoms. The molecule has 3 aromatic heterocycles. The number of hydrogen-bond donors (Lipinski definition) is 2. The van der Waals surface area contributed by atoms with Crippen molar-refractivity contribution in [1.82, 2.24) is 14.4 Å². The van der Waals surface area contributed by atoms with Gasteiger partial charge in [0.1, 0.15) is 17.0 Å². The third kappa shape index (κ3) is 3.41. The van der Waals surface area contributed by atoms with Crippen molar-refractivity contribution in [3.63, 3.8) is 0 Å². The van der Waals surface area contributed by atoms with Gasteiger partial charge in [-0.25, -0.2) is 9.78 Å². The van der Waals surface area contributed by atoms with Crippen LogP contribution in [0.15, 0.2) is 23.1 Å². The molecule has 3 heterocycles. The Bertz CT molecular complexity index is 1260. The van der Waals surface area contributed by atoms with Crippen molar-refractivity contribution < 1.29 is 28.2 Å². The van der Waals surface area contributed by atoms with Crippen molar-refractivity contribution in [1.29, 1.82) is 0 Å². The van der Waals surface area contributed by atoms with Crippen LogP contribution < -0.4 is 15.0 Å². The molecule has 0 amide bonds. The first-order valence-corrected chi connectivity index (χ1v) is 9.56. The van der Waals surface area contributed by atoms with E-state index in [1.165, 1.54) is 25.4 Å². The fourth-order valence-electron chi connectivity index (χ4n) is 4.10. The Morgan fingerprint density at radius 1 is 1.35 bits per heavy atom. The van der Waals surface area contributed by atoms with Crippen molar-refractivity contribution >= 4 is 11.6 Å². The molecule has 0 saturated heterocycles. The maximum Gasteiger partial charge on any atom is 0.387 e. The Kier molecular flexibility index (Phi) is 4.75. The number of nitrogens with zero attached hydrogens (tertiary/aromatic N) is 2. The van der Waals surface area contributed by atoms with Crippen LogP contribution in [0.3, 0.4) is 0 Å². The SMILES string of the molecule is COc1cc(OC(F)F)cn2c3c(nc12)-c1[nH]c(=O)c(C(=O)O)cc1[C@@H](C(C)(C)C)C3. The van der Waals surface area contributed by atoms with Gasteiger partial charge in [-0.2, -0.15) is 8.78 Å². The average molecular weight is 433 g/mol. The molecule has 0 unspecified atom stereocenters. The van der Waals surface area contributed by atoms with Crippen molar-refractivity contribution in [2.24, 2.45) is 5.41 Å². The number of H-pyrrole nitrogens is 1. The zero-order valence-electron chi connectivity index (χ0n) is 17.3. The lowest BCUT2D eigenvalue weighted by molar-refractivity contribution is -0.0502. The number of carboxylic acid groups (broad SMARTS) is 1. The lowest BCUT2D eigenvalue weighted by Crippen LogP contribution is -2.29. The van der Waals surface area contributed by atoms with Crippen molar-refractivity contribution in [3.05, 3.63) is 45.5 Å². The molecular weight excluding hydrogens is 412 g/mol. The summed E-state index contributed by atoms with van der Waals surface area (Å²) in [5, 5.41) is 9.41. The number of halogens is 2. The van der Waals surface area contributed by atoms with Crippen LogP contribution in [0.4, 0.5) is 8.78 Å². The number of rotatable bonds is 4. The Morgan fingerprint density at radius 3 is 2.65 bits per heavy atom. The predicted octanol–water partition coefficient (Wildman–Crippen LogP) is 3.68. The van der Waals surface area contributed by atoms with E-state index in [9.17, 15) is 23.5 Å². The maximum absolute atomic E-state index is 12.8. The van der Waals surface area contributed by atoms with Crippen LogP contribution >= 0.6 is 0 Å². The van der Waals surface area contributed by atoms with E-state index < -0.39 is 18.1 Å². The fraction of sp³-hybridized carbons (Fsp3) is 0.381. The van der Waals surface area contributed by atoms with E-state index in [0.717, 1.165) is 0 Å². The van der Waals surface area contributed by atoms with Gasteiger partial charge in [-0.3, -0.25) is 9.20 Å². The van der Waals surface area contributed by atoms with Gasteiger partial charge in [0.05, 0.1) is 24.7 Å². The van der Waals surface area contributed by atoms with Gasteiger partial charge >= 0.3 is 12.6 Å². The minimum absolute atomic E-state index is 0.0904. The van der Waals surface area contributed by atoms with Crippen LogP contribution in [-0.4, -0.2) is 39.2 Å². The summed E-state index contributed by atoms with van der Waals surface area (Å²) in [5.74, 6) is -1.35. The van der Waals surface area contributed by atoms with Crippen molar-refractivity contribution in [3.8, 4) is 22.9 Å². The Balaban J connectivity index is 2.04. The number of carboxylic acids is 1. The number of aromatic carboxylic acids is 1. The largest absolute Gasteiger partial charge is 0.493 e. The summed E-state index contributed by atoms with van der Waals surface area (Å²) >= 11 is 0. The molecule has 164 valence electrons. The summed E-state index contributed by atoms with van der Waals surface area (Å²) in [7, 11) is 1.39. The molecule has 1 aliphatic rings. The second kappa shape index (κ2) is 7.07. The second-order valence-electron chi connectivity index (χ2n) is 8.49. The number of methoxy groups -OCH3 is 1. The molecule has 0 bridgehead atoms. The van der Waals surface area contributed by atoms with Crippen LogP contribution in [0, 0.1) is 5.41 Å². The molecule has 0 fully saturated rings. The lowest BCUT2D eigenvalue weighted by atomic mass is 9.70. The highest BCUT2D eigenvalue weighted by Gasteiger charge is 2.37. The molecular formula is C21H21F2N3O5. The van der Waals surface area contributed by atoms with Crippen LogP contribution in [0.2, 0.25) is 0 Å². The number of nitrogens with one attached hydrogen (secondary N) is 1. The molecule has 4 rings (SSSR count). The highest BCUT2D eigenvalue weighted by molar-refractivity contribution is 5.88. The minimum atomic E-state index is -3.00. The molecule has 0 aliphatic heterocycles. The smallest absolute Gasteiger partial charge is 0.387 e. The van der Waals surface area contributed by atoms with Gasteiger partial charge in [-0.05, 0) is 29.4 Å². The highest BCUT2D eigenvalue weighted by atomic mass is 19.3. The number of imidazole rings is 1. The van der Waals surface area contributed by atoms with E-state index >= 15 is 0 Å². The molecule has 8 nitrogen and oxygen atoms in total. The topological polar surface area (TPSA) is 106 Å². The average Bonchev–Trinajstić information content (AvgIpc) is 3.03. The summed E-state index contributed by atoms with van der Waals surface area (Å²) < 4.78 is 37.1. The maximum atomic E-state index is 12.8. The van der Waals surface area contributed by atoms with Crippen LogP contribution in [0.5, 0.6) is 11.5 Å². The van der Waals surface area contributed by atoms with Gasteiger partial charge in [0.25, 0.3) is 5.56 Å². The fourth-order valence-corrected chi connectivity index (χ4v) is 4.10. The number of ether oxygens (including phenoxy) is 2. The van der Waals surface area contributed by atoms with Crippen molar-refractivity contribution in [2.75, 3.05) is 7.11 Å². The zero-order valence-corrected chi connectivity index (χ0v) is 17.3. The Hall–Kier alpha value is -3.43. The van der Waals surface area contributed by atoms with E-state index in [4.69, 9.17) is 4.74 Å². The zero-order chi connectivity index (χ0) is 22.7. The molecule has 31 heavy (non-hydrogen) atoms. The molecule has 0 spiro atoms. The molecule has 3 aromatic rings. The minimum Gasteiger partial charge on any atom is -0.493 e. The highest BCUT2D eigenvalue weighted by Crippen LogP contribution is 2.47. The summed E-state index contributed by atoms with van der Waals surface area (Å²) in [6, 6.07) is 2.72. The van der Waals surface area contributed by atoms with E-state index in [1.54, 1.807) is 4.40 Å². The third-order valence-corrected chi connectivity index (χ3v) is 5.56. The molecule has 0 radical (unpaired) electrons. The van der Waals surface area contributed by atoms with Gasteiger partial charge in [0, 0.05) is 6.07 Å². The van der Waals surface area contributed by atoms with E-state index in [2.05, 4.69) is 14.7 Å². The Morgan fingerprint density at radius 2 is 2.06 bits per heavy atom. The molecule has 2 N–H and O–H groups in total. The molecule has 1 atom stereocenters.